The lowest BCUT2D eigenvalue weighted by Gasteiger charge is -2.10. The summed E-state index contributed by atoms with van der Waals surface area (Å²) in [6.07, 6.45) is -0.770. The highest BCUT2D eigenvalue weighted by Crippen LogP contribution is 2.25. The van der Waals surface area contributed by atoms with Gasteiger partial charge in [-0.1, -0.05) is 32.0 Å². The van der Waals surface area contributed by atoms with Crippen LogP contribution < -0.4 is 10.5 Å². The number of primary amides is 1. The second-order valence-electron chi connectivity index (χ2n) is 3.11. The fourth-order valence-electron chi connectivity index (χ4n) is 1.16. The Hall–Kier alpha value is -1.51. The molecule has 0 unspecified atom stereocenters. The van der Waals surface area contributed by atoms with Gasteiger partial charge in [0, 0.05) is 0 Å². The Morgan fingerprint density at radius 1 is 1.38 bits per heavy atom. The van der Waals surface area contributed by atoms with Gasteiger partial charge in [-0.15, -0.1) is 0 Å². The number of para-hydroxylation sites is 1. The lowest BCUT2D eigenvalue weighted by Crippen LogP contribution is -2.17. The lowest BCUT2D eigenvalue weighted by molar-refractivity contribution is 0.210. The highest BCUT2D eigenvalue weighted by Gasteiger charge is 2.08. The van der Waals surface area contributed by atoms with Crippen molar-refractivity contribution in [2.75, 3.05) is 0 Å². The van der Waals surface area contributed by atoms with Gasteiger partial charge in [0.1, 0.15) is 5.75 Å². The fourth-order valence-corrected chi connectivity index (χ4v) is 1.16. The average Bonchev–Trinajstić information content (AvgIpc) is 2.03. The molecule has 0 aromatic heterocycles. The minimum absolute atomic E-state index is 0.315. The molecule has 3 nitrogen and oxygen atoms in total. The van der Waals surface area contributed by atoms with E-state index in [0.717, 1.165) is 5.56 Å². The molecule has 0 saturated heterocycles. The van der Waals surface area contributed by atoms with Crippen LogP contribution in [0.1, 0.15) is 25.3 Å². The Morgan fingerprint density at radius 2 is 2.00 bits per heavy atom. The number of carbonyl (C=O) groups excluding carboxylic acids is 1. The van der Waals surface area contributed by atoms with Gasteiger partial charge in [0.2, 0.25) is 0 Å². The summed E-state index contributed by atoms with van der Waals surface area (Å²) in [5.41, 5.74) is 5.92. The topological polar surface area (TPSA) is 52.3 Å². The average molecular weight is 179 g/mol. The van der Waals surface area contributed by atoms with Crippen molar-refractivity contribution in [1.82, 2.24) is 0 Å². The number of hydrogen-bond donors (Lipinski definition) is 1. The molecule has 0 saturated carbocycles. The summed E-state index contributed by atoms with van der Waals surface area (Å²) >= 11 is 0. The summed E-state index contributed by atoms with van der Waals surface area (Å²) in [7, 11) is 0. The molecule has 0 radical (unpaired) electrons. The van der Waals surface area contributed by atoms with Crippen molar-refractivity contribution < 1.29 is 9.53 Å². The van der Waals surface area contributed by atoms with E-state index in [0.29, 0.717) is 11.7 Å². The van der Waals surface area contributed by atoms with E-state index in [1.54, 1.807) is 6.07 Å². The molecule has 0 aliphatic heterocycles. The number of rotatable bonds is 2. The molecule has 2 N–H and O–H groups in total. The van der Waals surface area contributed by atoms with Crippen molar-refractivity contribution in [2.24, 2.45) is 5.73 Å². The maximum absolute atomic E-state index is 10.5. The molecule has 0 fully saturated rings. The molecular formula is C10H13NO2. The van der Waals surface area contributed by atoms with E-state index in [9.17, 15) is 4.79 Å². The maximum atomic E-state index is 10.5. The van der Waals surface area contributed by atoms with Crippen LogP contribution in [0, 0.1) is 0 Å². The van der Waals surface area contributed by atoms with Crippen LogP contribution in [-0.4, -0.2) is 6.09 Å². The van der Waals surface area contributed by atoms with Crippen LogP contribution in [-0.2, 0) is 0 Å². The van der Waals surface area contributed by atoms with Crippen LogP contribution in [0.2, 0.25) is 0 Å². The van der Waals surface area contributed by atoms with Crippen LogP contribution in [0.5, 0.6) is 5.75 Å². The van der Waals surface area contributed by atoms with Crippen molar-refractivity contribution in [3.8, 4) is 5.75 Å². The zero-order valence-electron chi connectivity index (χ0n) is 7.78. The summed E-state index contributed by atoms with van der Waals surface area (Å²) in [4.78, 5) is 10.5. The first-order chi connectivity index (χ1) is 6.11. The van der Waals surface area contributed by atoms with E-state index in [2.05, 4.69) is 0 Å². The molecule has 0 bridgehead atoms. The number of ether oxygens (including phenoxy) is 1. The SMILES string of the molecule is CC(C)c1ccccc1OC(N)=O. The van der Waals surface area contributed by atoms with Gasteiger partial charge < -0.3 is 10.5 Å². The molecule has 70 valence electrons. The normalized spacial score (nSPS) is 10.1. The van der Waals surface area contributed by atoms with Crippen LogP contribution in [0.15, 0.2) is 24.3 Å². The Morgan fingerprint density at radius 3 is 2.54 bits per heavy atom. The molecule has 1 aromatic carbocycles. The van der Waals surface area contributed by atoms with Gasteiger partial charge in [-0.25, -0.2) is 4.79 Å². The number of hydrogen-bond acceptors (Lipinski definition) is 2. The second kappa shape index (κ2) is 3.94. The third kappa shape index (κ3) is 2.47. The van der Waals surface area contributed by atoms with E-state index in [1.165, 1.54) is 0 Å². The molecule has 0 aliphatic rings. The summed E-state index contributed by atoms with van der Waals surface area (Å²) in [6, 6.07) is 7.37. The zero-order chi connectivity index (χ0) is 9.84. The summed E-state index contributed by atoms with van der Waals surface area (Å²) in [6.45, 7) is 4.06. The first-order valence-electron chi connectivity index (χ1n) is 4.17. The molecule has 1 aromatic rings. The van der Waals surface area contributed by atoms with Gasteiger partial charge in [0.25, 0.3) is 0 Å². The van der Waals surface area contributed by atoms with Gasteiger partial charge in [-0.3, -0.25) is 0 Å². The second-order valence-corrected chi connectivity index (χ2v) is 3.11. The largest absolute Gasteiger partial charge is 0.410 e. The molecular weight excluding hydrogens is 166 g/mol. The van der Waals surface area contributed by atoms with E-state index in [-0.39, 0.29) is 0 Å². The summed E-state index contributed by atoms with van der Waals surface area (Å²) in [5.74, 6) is 0.862. The predicted octanol–water partition coefficient (Wildman–Crippen LogP) is 2.27. The van der Waals surface area contributed by atoms with Gasteiger partial charge >= 0.3 is 6.09 Å². The lowest BCUT2D eigenvalue weighted by atomic mass is 10.0. The number of carbonyl (C=O) groups is 1. The van der Waals surface area contributed by atoms with E-state index in [1.807, 2.05) is 32.0 Å². The minimum atomic E-state index is -0.770. The zero-order valence-corrected chi connectivity index (χ0v) is 7.78. The predicted molar refractivity (Wildman–Crippen MR) is 50.7 cm³/mol. The van der Waals surface area contributed by atoms with Gasteiger partial charge in [0.15, 0.2) is 0 Å². The Bertz CT molecular complexity index is 308. The number of amides is 1. The number of benzene rings is 1. The first kappa shape index (κ1) is 9.58. The van der Waals surface area contributed by atoms with Crippen LogP contribution in [0.3, 0.4) is 0 Å². The van der Waals surface area contributed by atoms with E-state index >= 15 is 0 Å². The quantitative estimate of drug-likeness (QED) is 0.757. The molecule has 0 heterocycles. The third-order valence-corrected chi connectivity index (χ3v) is 1.75. The van der Waals surface area contributed by atoms with E-state index < -0.39 is 6.09 Å². The van der Waals surface area contributed by atoms with Gasteiger partial charge in [-0.05, 0) is 17.5 Å². The standard InChI is InChI=1S/C10H13NO2/c1-7(2)8-5-3-4-6-9(8)13-10(11)12/h3-7H,1-2H3,(H2,11,12). The highest BCUT2D eigenvalue weighted by molar-refractivity contribution is 5.68. The minimum Gasteiger partial charge on any atom is -0.410 e. The molecule has 13 heavy (non-hydrogen) atoms. The summed E-state index contributed by atoms with van der Waals surface area (Å²) in [5, 5.41) is 0. The fraction of sp³-hybridized carbons (Fsp3) is 0.300. The maximum Gasteiger partial charge on any atom is 0.409 e. The molecule has 3 heteroatoms. The molecule has 1 rings (SSSR count). The Balaban J connectivity index is 2.97. The summed E-state index contributed by atoms with van der Waals surface area (Å²) < 4.78 is 4.85. The Kier molecular flexibility index (Phi) is 2.90. The Labute approximate surface area is 77.5 Å². The van der Waals surface area contributed by atoms with Crippen LogP contribution in [0.25, 0.3) is 0 Å². The monoisotopic (exact) mass is 179 g/mol. The van der Waals surface area contributed by atoms with Crippen molar-refractivity contribution in [3.05, 3.63) is 29.8 Å². The molecule has 1 amide bonds. The van der Waals surface area contributed by atoms with Crippen LogP contribution >= 0.6 is 0 Å². The van der Waals surface area contributed by atoms with Crippen molar-refractivity contribution in [2.45, 2.75) is 19.8 Å². The third-order valence-electron chi connectivity index (χ3n) is 1.75. The smallest absolute Gasteiger partial charge is 0.409 e. The van der Waals surface area contributed by atoms with Crippen molar-refractivity contribution >= 4 is 6.09 Å². The molecule has 0 spiro atoms. The van der Waals surface area contributed by atoms with Crippen molar-refractivity contribution in [1.29, 1.82) is 0 Å². The van der Waals surface area contributed by atoms with Crippen LogP contribution in [0.4, 0.5) is 4.79 Å². The first-order valence-corrected chi connectivity index (χ1v) is 4.17. The molecule has 0 atom stereocenters. The number of nitrogens with two attached hydrogens (primary N) is 1. The highest BCUT2D eigenvalue weighted by atomic mass is 16.5. The van der Waals surface area contributed by atoms with Crippen molar-refractivity contribution in [3.63, 3.8) is 0 Å². The van der Waals surface area contributed by atoms with Gasteiger partial charge in [-0.2, -0.15) is 0 Å². The van der Waals surface area contributed by atoms with E-state index in [4.69, 9.17) is 10.5 Å². The van der Waals surface area contributed by atoms with Gasteiger partial charge in [0.05, 0.1) is 0 Å². The molecule has 0 aliphatic carbocycles.